The van der Waals surface area contributed by atoms with Crippen LogP contribution in [0, 0.1) is 5.92 Å². The molecule has 3 amide bonds. The first kappa shape index (κ1) is 19.2. The lowest BCUT2D eigenvalue weighted by molar-refractivity contribution is -0.117. The largest absolute Gasteiger partial charge is 0.356 e. The van der Waals surface area contributed by atoms with E-state index in [9.17, 15) is 9.59 Å². The Labute approximate surface area is 155 Å². The first-order chi connectivity index (χ1) is 12.0. The summed E-state index contributed by atoms with van der Waals surface area (Å²) >= 11 is 2.63. The molecule has 7 nitrogen and oxygen atoms in total. The van der Waals surface area contributed by atoms with E-state index in [1.54, 1.807) is 0 Å². The number of imide groups is 1. The molecule has 0 unspecified atom stereocenters. The molecule has 0 fully saturated rings. The molecule has 0 atom stereocenters. The van der Waals surface area contributed by atoms with Gasteiger partial charge in [0.05, 0.1) is 5.75 Å². The standard InChI is InChI=1S/C16H21N5O2S2/c1-11(2)8-17-14(23)19-13(22)10-24-16-21-20-15(25-16)18-9-12-6-4-3-5-7-12/h3-7,11H,8-10H2,1-2H3,(H,18,20)(H2,17,19,22,23). The van der Waals surface area contributed by atoms with Crippen LogP contribution in [0.1, 0.15) is 19.4 Å². The fraction of sp³-hybridized carbons (Fsp3) is 0.375. The second kappa shape index (κ2) is 10.00. The summed E-state index contributed by atoms with van der Waals surface area (Å²) in [5.41, 5.74) is 1.15. The summed E-state index contributed by atoms with van der Waals surface area (Å²) in [5, 5.41) is 16.9. The Bertz CT molecular complexity index is 691. The molecule has 2 aromatic rings. The average Bonchev–Trinajstić information content (AvgIpc) is 3.05. The van der Waals surface area contributed by atoms with Crippen LogP contribution >= 0.6 is 23.1 Å². The number of amides is 3. The van der Waals surface area contributed by atoms with Gasteiger partial charge in [0.1, 0.15) is 0 Å². The van der Waals surface area contributed by atoms with E-state index in [4.69, 9.17) is 0 Å². The quantitative estimate of drug-likeness (QED) is 0.610. The van der Waals surface area contributed by atoms with Crippen LogP contribution in [-0.2, 0) is 11.3 Å². The number of nitrogens with one attached hydrogen (secondary N) is 3. The third-order valence-electron chi connectivity index (χ3n) is 2.94. The molecule has 25 heavy (non-hydrogen) atoms. The fourth-order valence-corrected chi connectivity index (χ4v) is 3.29. The van der Waals surface area contributed by atoms with Crippen LogP contribution in [0.15, 0.2) is 34.7 Å². The van der Waals surface area contributed by atoms with Crippen LogP contribution in [0.4, 0.5) is 9.93 Å². The summed E-state index contributed by atoms with van der Waals surface area (Å²) in [6.45, 7) is 5.16. The van der Waals surface area contributed by atoms with Crippen LogP contribution in [-0.4, -0.2) is 34.4 Å². The molecule has 0 aliphatic rings. The van der Waals surface area contributed by atoms with Crippen LogP contribution in [0.5, 0.6) is 0 Å². The molecule has 134 valence electrons. The summed E-state index contributed by atoms with van der Waals surface area (Å²) in [4.78, 5) is 23.2. The third kappa shape index (κ3) is 7.53. The highest BCUT2D eigenvalue weighted by molar-refractivity contribution is 8.01. The van der Waals surface area contributed by atoms with E-state index in [-0.39, 0.29) is 11.7 Å². The Morgan fingerprint density at radius 2 is 1.96 bits per heavy atom. The Hall–Kier alpha value is -2.13. The molecule has 1 aromatic carbocycles. The van der Waals surface area contributed by atoms with Crippen molar-refractivity contribution in [1.82, 2.24) is 20.8 Å². The Kier molecular flexibility index (Phi) is 7.68. The minimum Gasteiger partial charge on any atom is -0.356 e. The molecule has 0 bridgehead atoms. The molecule has 0 saturated heterocycles. The zero-order valence-electron chi connectivity index (χ0n) is 14.1. The van der Waals surface area contributed by atoms with Gasteiger partial charge in [-0.1, -0.05) is 67.3 Å². The van der Waals surface area contributed by atoms with Gasteiger partial charge < -0.3 is 10.6 Å². The second-order valence-corrected chi connectivity index (χ2v) is 7.85. The maximum Gasteiger partial charge on any atom is 0.321 e. The number of hydrogen-bond donors (Lipinski definition) is 3. The van der Waals surface area contributed by atoms with Gasteiger partial charge in [-0.2, -0.15) is 0 Å². The van der Waals surface area contributed by atoms with E-state index in [0.717, 1.165) is 5.56 Å². The van der Waals surface area contributed by atoms with Gasteiger partial charge in [-0.05, 0) is 11.5 Å². The predicted molar refractivity (Wildman–Crippen MR) is 101 cm³/mol. The normalized spacial score (nSPS) is 10.5. The average molecular weight is 380 g/mol. The molecule has 0 saturated carbocycles. The molecule has 9 heteroatoms. The van der Waals surface area contributed by atoms with Gasteiger partial charge in [0, 0.05) is 13.1 Å². The first-order valence-electron chi connectivity index (χ1n) is 7.84. The minimum atomic E-state index is -0.471. The number of aromatic nitrogens is 2. The van der Waals surface area contributed by atoms with Crippen molar-refractivity contribution in [2.75, 3.05) is 17.6 Å². The molecule has 0 aliphatic carbocycles. The number of benzene rings is 1. The van der Waals surface area contributed by atoms with E-state index in [1.165, 1.54) is 23.1 Å². The van der Waals surface area contributed by atoms with Crippen molar-refractivity contribution in [3.05, 3.63) is 35.9 Å². The smallest absolute Gasteiger partial charge is 0.321 e. The summed E-state index contributed by atoms with van der Waals surface area (Å²) in [7, 11) is 0. The van der Waals surface area contributed by atoms with Crippen molar-refractivity contribution < 1.29 is 9.59 Å². The molecule has 1 aromatic heterocycles. The van der Waals surface area contributed by atoms with Gasteiger partial charge in [-0.3, -0.25) is 10.1 Å². The first-order valence-corrected chi connectivity index (χ1v) is 9.65. The molecular weight excluding hydrogens is 358 g/mol. The zero-order chi connectivity index (χ0) is 18.1. The van der Waals surface area contributed by atoms with E-state index >= 15 is 0 Å². The van der Waals surface area contributed by atoms with E-state index in [0.29, 0.717) is 28.5 Å². The lowest BCUT2D eigenvalue weighted by atomic mass is 10.2. The van der Waals surface area contributed by atoms with Gasteiger partial charge in [0.2, 0.25) is 11.0 Å². The highest BCUT2D eigenvalue weighted by Gasteiger charge is 2.11. The monoisotopic (exact) mass is 379 g/mol. The number of nitrogens with zero attached hydrogens (tertiary/aromatic N) is 2. The molecular formula is C16H21N5O2S2. The van der Waals surface area contributed by atoms with Crippen molar-refractivity contribution in [2.24, 2.45) is 5.92 Å². The van der Waals surface area contributed by atoms with Crippen LogP contribution in [0.2, 0.25) is 0 Å². The SMILES string of the molecule is CC(C)CNC(=O)NC(=O)CSc1nnc(NCc2ccccc2)s1. The number of thioether (sulfide) groups is 1. The topological polar surface area (TPSA) is 96.0 Å². The summed E-state index contributed by atoms with van der Waals surface area (Å²) in [5.74, 6) is 0.0845. The second-order valence-electron chi connectivity index (χ2n) is 5.65. The fourth-order valence-electron chi connectivity index (χ4n) is 1.74. The predicted octanol–water partition coefficient (Wildman–Crippen LogP) is 2.72. The highest BCUT2D eigenvalue weighted by Crippen LogP contribution is 2.25. The number of anilines is 1. The number of carbonyl (C=O) groups excluding carboxylic acids is 2. The van der Waals surface area contributed by atoms with Gasteiger partial charge in [0.15, 0.2) is 4.34 Å². The van der Waals surface area contributed by atoms with Gasteiger partial charge >= 0.3 is 6.03 Å². The van der Waals surface area contributed by atoms with Crippen LogP contribution < -0.4 is 16.0 Å². The van der Waals surface area contributed by atoms with Crippen molar-refractivity contribution in [2.45, 2.75) is 24.7 Å². The van der Waals surface area contributed by atoms with E-state index in [1.807, 2.05) is 44.2 Å². The molecule has 3 N–H and O–H groups in total. The number of hydrogen-bond acceptors (Lipinski definition) is 7. The van der Waals surface area contributed by atoms with Crippen LogP contribution in [0.25, 0.3) is 0 Å². The van der Waals surface area contributed by atoms with E-state index < -0.39 is 6.03 Å². The highest BCUT2D eigenvalue weighted by atomic mass is 32.2. The van der Waals surface area contributed by atoms with Crippen molar-refractivity contribution in [1.29, 1.82) is 0 Å². The minimum absolute atomic E-state index is 0.114. The van der Waals surface area contributed by atoms with Gasteiger partial charge in [-0.15, -0.1) is 10.2 Å². The van der Waals surface area contributed by atoms with Crippen molar-refractivity contribution in [3.63, 3.8) is 0 Å². The number of carbonyl (C=O) groups is 2. The Morgan fingerprint density at radius 3 is 2.68 bits per heavy atom. The molecule has 1 heterocycles. The van der Waals surface area contributed by atoms with Gasteiger partial charge in [0.25, 0.3) is 0 Å². The number of rotatable bonds is 8. The summed E-state index contributed by atoms with van der Waals surface area (Å²) in [6, 6.07) is 9.51. The Balaban J connectivity index is 1.70. The maximum atomic E-state index is 11.7. The molecule has 0 aliphatic heterocycles. The molecule has 2 rings (SSSR count). The molecule has 0 spiro atoms. The lowest BCUT2D eigenvalue weighted by Crippen LogP contribution is -2.41. The zero-order valence-corrected chi connectivity index (χ0v) is 15.7. The van der Waals surface area contributed by atoms with E-state index in [2.05, 4.69) is 26.1 Å². The van der Waals surface area contributed by atoms with Crippen molar-refractivity contribution >= 4 is 40.2 Å². The van der Waals surface area contributed by atoms with Gasteiger partial charge in [-0.25, -0.2) is 4.79 Å². The Morgan fingerprint density at radius 1 is 1.20 bits per heavy atom. The summed E-state index contributed by atoms with van der Waals surface area (Å²) < 4.78 is 0.674. The number of urea groups is 1. The summed E-state index contributed by atoms with van der Waals surface area (Å²) in [6.07, 6.45) is 0. The third-order valence-corrected chi connectivity index (χ3v) is 4.96. The van der Waals surface area contributed by atoms with Crippen molar-refractivity contribution in [3.8, 4) is 0 Å². The van der Waals surface area contributed by atoms with Crippen LogP contribution in [0.3, 0.4) is 0 Å². The maximum absolute atomic E-state index is 11.7. The lowest BCUT2D eigenvalue weighted by Gasteiger charge is -2.07. The molecule has 0 radical (unpaired) electrons.